The van der Waals surface area contributed by atoms with Gasteiger partial charge in [-0.25, -0.2) is 0 Å². The standard InChI is InChI=1S/C3H7N3/c1-3-2-4-6-5-3/h3H,2H2,1H3,(H,4,5). The summed E-state index contributed by atoms with van der Waals surface area (Å²) in [5.41, 5.74) is 2.73. The predicted molar refractivity (Wildman–Crippen MR) is 22.3 cm³/mol. The van der Waals surface area contributed by atoms with Crippen molar-refractivity contribution in [1.29, 1.82) is 0 Å². The summed E-state index contributed by atoms with van der Waals surface area (Å²) in [6, 6.07) is 0.394. The third kappa shape index (κ3) is 0.478. The summed E-state index contributed by atoms with van der Waals surface area (Å²) >= 11 is 0. The zero-order valence-electron chi connectivity index (χ0n) is 3.68. The molecule has 1 unspecified atom stereocenters. The molecule has 6 heavy (non-hydrogen) atoms. The lowest BCUT2D eigenvalue weighted by Crippen LogP contribution is -2.08. The number of nitrogens with one attached hydrogen (secondary N) is 1. The Kier molecular flexibility index (Phi) is 0.742. The van der Waals surface area contributed by atoms with Gasteiger partial charge in [-0.2, -0.15) is 5.11 Å². The van der Waals surface area contributed by atoms with Gasteiger partial charge in [0.15, 0.2) is 0 Å². The third-order valence-electron chi connectivity index (χ3n) is 0.712. The summed E-state index contributed by atoms with van der Waals surface area (Å²) < 4.78 is 0. The van der Waals surface area contributed by atoms with Crippen molar-refractivity contribution in [2.45, 2.75) is 13.0 Å². The molecule has 34 valence electrons. The Morgan fingerprint density at radius 1 is 1.83 bits per heavy atom. The molecule has 1 aliphatic rings. The van der Waals surface area contributed by atoms with Crippen LogP contribution in [-0.4, -0.2) is 12.6 Å². The Hall–Kier alpha value is -0.600. The van der Waals surface area contributed by atoms with Gasteiger partial charge < -0.3 is 0 Å². The summed E-state index contributed by atoms with van der Waals surface area (Å²) in [7, 11) is 0. The molecule has 1 aliphatic heterocycles. The average molecular weight is 85.1 g/mol. The molecule has 1 N–H and O–H groups in total. The number of hydrogen-bond acceptors (Lipinski definition) is 3. The lowest BCUT2D eigenvalue weighted by Gasteiger charge is -1.85. The maximum Gasteiger partial charge on any atom is 0.0890 e. The van der Waals surface area contributed by atoms with Gasteiger partial charge in [-0.3, -0.25) is 5.43 Å². The van der Waals surface area contributed by atoms with Gasteiger partial charge in [-0.1, -0.05) is 5.22 Å². The molecule has 0 aliphatic carbocycles. The van der Waals surface area contributed by atoms with E-state index >= 15 is 0 Å². The average Bonchev–Trinajstić information content (AvgIpc) is 1.86. The monoisotopic (exact) mass is 85.1 g/mol. The molecule has 0 bridgehead atoms. The van der Waals surface area contributed by atoms with Crippen molar-refractivity contribution in [3.63, 3.8) is 0 Å². The normalized spacial score (nSPS) is 30.5. The lowest BCUT2D eigenvalue weighted by atomic mass is 10.4. The second kappa shape index (κ2) is 1.24. The quantitative estimate of drug-likeness (QED) is 0.452. The van der Waals surface area contributed by atoms with Crippen LogP contribution in [0.5, 0.6) is 0 Å². The Morgan fingerprint density at radius 3 is 2.83 bits per heavy atom. The van der Waals surface area contributed by atoms with Gasteiger partial charge in [0, 0.05) is 0 Å². The van der Waals surface area contributed by atoms with Crippen molar-refractivity contribution in [1.82, 2.24) is 5.43 Å². The van der Waals surface area contributed by atoms with Gasteiger partial charge >= 0.3 is 0 Å². The van der Waals surface area contributed by atoms with Crippen molar-refractivity contribution in [2.75, 3.05) is 6.54 Å². The van der Waals surface area contributed by atoms with Gasteiger partial charge in [0.1, 0.15) is 0 Å². The summed E-state index contributed by atoms with van der Waals surface area (Å²) in [5.74, 6) is 0. The highest BCUT2D eigenvalue weighted by Crippen LogP contribution is 1.92. The number of hydrogen-bond donors (Lipinski definition) is 1. The lowest BCUT2D eigenvalue weighted by molar-refractivity contribution is 0.750. The van der Waals surface area contributed by atoms with Crippen LogP contribution in [0.1, 0.15) is 6.92 Å². The first-order chi connectivity index (χ1) is 2.89. The van der Waals surface area contributed by atoms with Crippen LogP contribution in [0, 0.1) is 0 Å². The third-order valence-corrected chi connectivity index (χ3v) is 0.712. The van der Waals surface area contributed by atoms with Crippen LogP contribution in [-0.2, 0) is 0 Å². The number of nitrogens with zero attached hydrogens (tertiary/aromatic N) is 2. The molecule has 0 saturated carbocycles. The second-order valence-electron chi connectivity index (χ2n) is 1.43. The van der Waals surface area contributed by atoms with E-state index in [1.807, 2.05) is 6.92 Å². The molecule has 0 aromatic carbocycles. The Labute approximate surface area is 36.4 Å². The van der Waals surface area contributed by atoms with E-state index in [0.717, 1.165) is 6.54 Å². The van der Waals surface area contributed by atoms with E-state index in [-0.39, 0.29) is 0 Å². The molecule has 0 spiro atoms. The van der Waals surface area contributed by atoms with Gasteiger partial charge in [-0.05, 0) is 6.92 Å². The summed E-state index contributed by atoms with van der Waals surface area (Å²) in [4.78, 5) is 0. The van der Waals surface area contributed by atoms with E-state index in [2.05, 4.69) is 15.8 Å². The van der Waals surface area contributed by atoms with Crippen LogP contribution >= 0.6 is 0 Å². The minimum Gasteiger partial charge on any atom is -0.290 e. The van der Waals surface area contributed by atoms with Crippen LogP contribution in [0.15, 0.2) is 10.3 Å². The van der Waals surface area contributed by atoms with E-state index in [1.165, 1.54) is 0 Å². The fourth-order valence-electron chi connectivity index (χ4n) is 0.353. The van der Waals surface area contributed by atoms with Crippen molar-refractivity contribution in [2.24, 2.45) is 10.3 Å². The molecule has 3 heteroatoms. The predicted octanol–water partition coefficient (Wildman–Crippen LogP) is 0.345. The van der Waals surface area contributed by atoms with E-state index in [9.17, 15) is 0 Å². The van der Waals surface area contributed by atoms with Gasteiger partial charge in [-0.15, -0.1) is 0 Å². The SMILES string of the molecule is CC1CNN=N1. The molecule has 0 saturated heterocycles. The van der Waals surface area contributed by atoms with Crippen molar-refractivity contribution >= 4 is 0 Å². The van der Waals surface area contributed by atoms with E-state index in [1.54, 1.807) is 0 Å². The molecule has 1 heterocycles. The highest BCUT2D eigenvalue weighted by Gasteiger charge is 2.00. The molecule has 1 atom stereocenters. The first-order valence-corrected chi connectivity index (χ1v) is 2.02. The van der Waals surface area contributed by atoms with E-state index in [4.69, 9.17) is 0 Å². The fraction of sp³-hybridized carbons (Fsp3) is 1.00. The maximum absolute atomic E-state index is 3.75. The van der Waals surface area contributed by atoms with Crippen LogP contribution in [0.3, 0.4) is 0 Å². The molecular weight excluding hydrogens is 78.1 g/mol. The largest absolute Gasteiger partial charge is 0.290 e. The fourth-order valence-corrected chi connectivity index (χ4v) is 0.353. The molecule has 0 fully saturated rings. The molecule has 0 radical (unpaired) electrons. The summed E-state index contributed by atoms with van der Waals surface area (Å²) in [6.07, 6.45) is 0. The molecular formula is C3H7N3. The van der Waals surface area contributed by atoms with Gasteiger partial charge in [0.05, 0.1) is 12.6 Å². The van der Waals surface area contributed by atoms with Crippen molar-refractivity contribution in [3.05, 3.63) is 0 Å². The Bertz CT molecular complexity index is 68.4. The molecule has 1 rings (SSSR count). The van der Waals surface area contributed by atoms with E-state index in [0.29, 0.717) is 6.04 Å². The zero-order chi connectivity index (χ0) is 4.41. The Morgan fingerprint density at radius 2 is 2.67 bits per heavy atom. The highest BCUT2D eigenvalue weighted by atomic mass is 15.5. The first kappa shape index (κ1) is 3.59. The minimum atomic E-state index is 0.394. The molecule has 0 aromatic heterocycles. The minimum absolute atomic E-state index is 0.394. The van der Waals surface area contributed by atoms with Crippen LogP contribution in [0.2, 0.25) is 0 Å². The summed E-state index contributed by atoms with van der Waals surface area (Å²) in [5, 5.41) is 7.29. The van der Waals surface area contributed by atoms with Gasteiger partial charge in [0.2, 0.25) is 0 Å². The first-order valence-electron chi connectivity index (χ1n) is 2.02. The Balaban J connectivity index is 2.38. The van der Waals surface area contributed by atoms with Crippen molar-refractivity contribution in [3.8, 4) is 0 Å². The van der Waals surface area contributed by atoms with Crippen molar-refractivity contribution < 1.29 is 0 Å². The number of rotatable bonds is 0. The summed E-state index contributed by atoms with van der Waals surface area (Å²) in [6.45, 7) is 2.92. The van der Waals surface area contributed by atoms with Crippen LogP contribution in [0.25, 0.3) is 0 Å². The zero-order valence-corrected chi connectivity index (χ0v) is 3.68. The second-order valence-corrected chi connectivity index (χ2v) is 1.43. The van der Waals surface area contributed by atoms with Crippen LogP contribution < -0.4 is 5.43 Å². The van der Waals surface area contributed by atoms with Crippen LogP contribution in [0.4, 0.5) is 0 Å². The smallest absolute Gasteiger partial charge is 0.0890 e. The van der Waals surface area contributed by atoms with Gasteiger partial charge in [0.25, 0.3) is 0 Å². The molecule has 0 aromatic rings. The maximum atomic E-state index is 3.75. The molecule has 0 amide bonds. The highest BCUT2D eigenvalue weighted by molar-refractivity contribution is 4.61. The van der Waals surface area contributed by atoms with E-state index < -0.39 is 0 Å². The topological polar surface area (TPSA) is 36.8 Å². The molecule has 3 nitrogen and oxygen atoms in total.